The molecule has 9 nitrogen and oxygen atoms in total. The van der Waals surface area contributed by atoms with Crippen molar-refractivity contribution in [2.45, 2.75) is 32.2 Å². The monoisotopic (exact) mass is 328 g/mol. The maximum Gasteiger partial charge on any atom is 0.360 e. The molecule has 0 aromatic carbocycles. The third kappa shape index (κ3) is 5.36. The van der Waals surface area contributed by atoms with Gasteiger partial charge in [-0.25, -0.2) is 0 Å². The van der Waals surface area contributed by atoms with Crippen LogP contribution in [0, 0.1) is 5.92 Å². The lowest BCUT2D eigenvalue weighted by molar-refractivity contribution is 0.342. The minimum absolute atomic E-state index is 0.125. The summed E-state index contributed by atoms with van der Waals surface area (Å²) in [5.41, 5.74) is -2.34. The van der Waals surface area contributed by atoms with Crippen molar-refractivity contribution in [3.8, 4) is 0 Å². The minimum Gasteiger partial charge on any atom is -0.359 e. The van der Waals surface area contributed by atoms with Crippen LogP contribution in [0.1, 0.15) is 26.0 Å². The Labute approximate surface area is 115 Å². The molecule has 0 amide bonds. The van der Waals surface area contributed by atoms with Gasteiger partial charge in [0.15, 0.2) is 5.82 Å². The highest BCUT2D eigenvalue weighted by Gasteiger charge is 2.44. The van der Waals surface area contributed by atoms with Gasteiger partial charge in [-0.15, -0.1) is 0 Å². The Kier molecular flexibility index (Phi) is 5.54. The van der Waals surface area contributed by atoms with E-state index >= 15 is 0 Å². The van der Waals surface area contributed by atoms with Crippen LogP contribution in [-0.2, 0) is 15.6 Å². The van der Waals surface area contributed by atoms with E-state index in [0.29, 0.717) is 18.1 Å². The van der Waals surface area contributed by atoms with Crippen molar-refractivity contribution in [1.82, 2.24) is 5.16 Å². The molecule has 0 aliphatic heterocycles. The zero-order valence-corrected chi connectivity index (χ0v) is 12.8. The van der Waals surface area contributed by atoms with Crippen molar-refractivity contribution in [3.63, 3.8) is 0 Å². The highest BCUT2D eigenvalue weighted by molar-refractivity contribution is 7.71. The van der Waals surface area contributed by atoms with E-state index in [2.05, 4.69) is 5.16 Å². The first-order valence-corrected chi connectivity index (χ1v) is 9.19. The fourth-order valence-electron chi connectivity index (χ4n) is 1.43. The number of aryl methyl sites for hydroxylation is 1. The summed E-state index contributed by atoms with van der Waals surface area (Å²) in [5, 5.41) is 5.52. The number of aromatic nitrogens is 1. The van der Waals surface area contributed by atoms with E-state index in [1.54, 1.807) is 0 Å². The molecule has 11 heteroatoms. The van der Waals surface area contributed by atoms with Gasteiger partial charge in [0.05, 0.1) is 0 Å². The lowest BCUT2D eigenvalue weighted by Crippen LogP contribution is -2.20. The molecule has 0 bridgehead atoms. The van der Waals surface area contributed by atoms with Gasteiger partial charge in [0.25, 0.3) is 0 Å². The standard InChI is InChI=1S/C9H18N2O7P2/c1-6(2)3-4-7-5-8(11-18-7)10-9(19(12,13)14)20(15,16)17/h5-6,9H,3-4H2,1-2H3,(H,10,11)(H2,12,13,14)(H2,15,16,17). The number of hydrogen-bond donors (Lipinski definition) is 5. The second-order valence-electron chi connectivity index (χ2n) is 4.81. The first-order chi connectivity index (χ1) is 9.00. The van der Waals surface area contributed by atoms with Crippen molar-refractivity contribution in [1.29, 1.82) is 0 Å². The topological polar surface area (TPSA) is 153 Å². The van der Waals surface area contributed by atoms with E-state index < -0.39 is 20.7 Å². The summed E-state index contributed by atoms with van der Waals surface area (Å²) in [4.78, 5) is 35.8. The first kappa shape index (κ1) is 17.4. The van der Waals surface area contributed by atoms with Crippen molar-refractivity contribution in [2.24, 2.45) is 5.92 Å². The molecule has 0 atom stereocenters. The second-order valence-corrected chi connectivity index (χ2v) is 8.60. The molecule has 20 heavy (non-hydrogen) atoms. The molecule has 0 radical (unpaired) electrons. The van der Waals surface area contributed by atoms with E-state index in [9.17, 15) is 9.13 Å². The van der Waals surface area contributed by atoms with E-state index in [0.717, 1.165) is 6.42 Å². The third-order valence-electron chi connectivity index (χ3n) is 2.44. The number of rotatable bonds is 7. The van der Waals surface area contributed by atoms with Crippen LogP contribution in [-0.4, -0.2) is 30.3 Å². The smallest absolute Gasteiger partial charge is 0.359 e. The van der Waals surface area contributed by atoms with Gasteiger partial charge >= 0.3 is 15.2 Å². The summed E-state index contributed by atoms with van der Waals surface area (Å²) in [7, 11) is -10.1. The lowest BCUT2D eigenvalue weighted by atomic mass is 10.1. The minimum atomic E-state index is -5.04. The molecule has 0 spiro atoms. The Morgan fingerprint density at radius 2 is 1.80 bits per heavy atom. The molecule has 1 aromatic heterocycles. The van der Waals surface area contributed by atoms with Gasteiger partial charge in [0.1, 0.15) is 5.76 Å². The molecule has 0 aliphatic rings. The predicted molar refractivity (Wildman–Crippen MR) is 71.2 cm³/mol. The summed E-state index contributed by atoms with van der Waals surface area (Å²) in [6.07, 6.45) is 1.40. The first-order valence-electron chi connectivity index (χ1n) is 5.82. The summed E-state index contributed by atoms with van der Waals surface area (Å²) in [6, 6.07) is 1.36. The van der Waals surface area contributed by atoms with Crippen molar-refractivity contribution in [2.75, 3.05) is 5.32 Å². The average molecular weight is 328 g/mol. The predicted octanol–water partition coefficient (Wildman–Crippen LogP) is 1.31. The van der Waals surface area contributed by atoms with Crippen LogP contribution in [0.15, 0.2) is 10.6 Å². The quantitative estimate of drug-likeness (QED) is 0.466. The molecule has 0 fully saturated rings. The van der Waals surface area contributed by atoms with E-state index in [1.807, 2.05) is 19.2 Å². The zero-order chi connectivity index (χ0) is 15.6. The summed E-state index contributed by atoms with van der Waals surface area (Å²) >= 11 is 0. The Morgan fingerprint density at radius 1 is 1.25 bits per heavy atom. The molecule has 0 saturated heterocycles. The fraction of sp³-hybridized carbons (Fsp3) is 0.667. The Balaban J connectivity index is 2.81. The van der Waals surface area contributed by atoms with Gasteiger partial charge in [0, 0.05) is 12.5 Å². The van der Waals surface area contributed by atoms with E-state index in [4.69, 9.17) is 24.1 Å². The number of anilines is 1. The molecule has 1 rings (SSSR count). The van der Waals surface area contributed by atoms with Crippen LogP contribution in [0.5, 0.6) is 0 Å². The normalized spacial score (nSPS) is 13.2. The molecule has 116 valence electrons. The summed E-state index contributed by atoms with van der Waals surface area (Å²) in [6.45, 7) is 4.04. The SMILES string of the molecule is CC(C)CCc1cc(NC(P(=O)(O)O)P(=O)(O)O)no1. The Hall–Kier alpha value is -0.690. The highest BCUT2D eigenvalue weighted by atomic mass is 31.2. The van der Waals surface area contributed by atoms with Gasteiger partial charge in [-0.1, -0.05) is 19.0 Å². The molecular weight excluding hydrogens is 310 g/mol. The number of hydrogen-bond acceptors (Lipinski definition) is 5. The molecule has 0 aliphatic carbocycles. The summed E-state index contributed by atoms with van der Waals surface area (Å²) < 4.78 is 27.1. The fourth-order valence-corrected chi connectivity index (χ4v) is 3.59. The Bertz CT molecular complexity index is 510. The van der Waals surface area contributed by atoms with Crippen LogP contribution in [0.2, 0.25) is 0 Å². The molecule has 1 heterocycles. The van der Waals surface area contributed by atoms with Crippen LogP contribution >= 0.6 is 15.2 Å². The van der Waals surface area contributed by atoms with Gasteiger partial charge in [-0.05, 0) is 12.3 Å². The Morgan fingerprint density at radius 3 is 2.25 bits per heavy atom. The van der Waals surface area contributed by atoms with Crippen LogP contribution in [0.25, 0.3) is 0 Å². The maximum atomic E-state index is 11.1. The highest BCUT2D eigenvalue weighted by Crippen LogP contribution is 2.59. The molecule has 1 aromatic rings. The average Bonchev–Trinajstić information content (AvgIpc) is 2.67. The molecule has 5 N–H and O–H groups in total. The number of nitrogens with zero attached hydrogens (tertiary/aromatic N) is 1. The van der Waals surface area contributed by atoms with E-state index in [-0.39, 0.29) is 5.82 Å². The lowest BCUT2D eigenvalue weighted by Gasteiger charge is -2.19. The van der Waals surface area contributed by atoms with E-state index in [1.165, 1.54) is 6.07 Å². The largest absolute Gasteiger partial charge is 0.360 e. The van der Waals surface area contributed by atoms with Crippen LogP contribution < -0.4 is 5.32 Å². The molecular formula is C9H18N2O7P2. The van der Waals surface area contributed by atoms with Gasteiger partial charge in [-0.3, -0.25) is 9.13 Å². The van der Waals surface area contributed by atoms with Crippen molar-refractivity contribution in [3.05, 3.63) is 11.8 Å². The summed E-state index contributed by atoms with van der Waals surface area (Å²) in [5.74, 6) is 0.784. The van der Waals surface area contributed by atoms with Crippen LogP contribution in [0.3, 0.4) is 0 Å². The molecule has 0 saturated carbocycles. The zero-order valence-electron chi connectivity index (χ0n) is 11.0. The van der Waals surface area contributed by atoms with Crippen LogP contribution in [0.4, 0.5) is 5.82 Å². The second kappa shape index (κ2) is 6.39. The van der Waals surface area contributed by atoms with Gasteiger partial charge in [-0.2, -0.15) is 0 Å². The van der Waals surface area contributed by atoms with Gasteiger partial charge < -0.3 is 29.4 Å². The molecule has 0 unspecified atom stereocenters. The maximum absolute atomic E-state index is 11.1. The van der Waals surface area contributed by atoms with Crippen molar-refractivity contribution >= 4 is 21.0 Å². The van der Waals surface area contributed by atoms with Gasteiger partial charge in [0.2, 0.25) is 5.52 Å². The number of nitrogens with one attached hydrogen (secondary N) is 1. The van der Waals surface area contributed by atoms with Crippen molar-refractivity contribution < 1.29 is 33.2 Å². The third-order valence-corrected chi connectivity index (χ3v) is 5.78.